The summed E-state index contributed by atoms with van der Waals surface area (Å²) in [5.74, 6) is 2.00. The van der Waals surface area contributed by atoms with Gasteiger partial charge in [-0.25, -0.2) is 0 Å². The molecule has 0 aromatic heterocycles. The van der Waals surface area contributed by atoms with Crippen molar-refractivity contribution in [3.05, 3.63) is 29.3 Å². The number of rotatable bonds is 2. The molecule has 0 bridgehead atoms. The molecule has 1 unspecified atom stereocenters. The number of nitriles is 1. The van der Waals surface area contributed by atoms with Gasteiger partial charge in [0.15, 0.2) is 0 Å². The van der Waals surface area contributed by atoms with E-state index in [1.165, 1.54) is 6.07 Å². The van der Waals surface area contributed by atoms with Crippen molar-refractivity contribution in [2.75, 3.05) is 23.5 Å². The summed E-state index contributed by atoms with van der Waals surface area (Å²) < 4.78 is 37.8. The van der Waals surface area contributed by atoms with Crippen LogP contribution < -0.4 is 4.90 Å². The van der Waals surface area contributed by atoms with Crippen LogP contribution in [0, 0.1) is 11.3 Å². The first-order valence-corrected chi connectivity index (χ1v) is 7.01. The fourth-order valence-corrected chi connectivity index (χ4v) is 3.40. The minimum atomic E-state index is -4.41. The third-order valence-corrected chi connectivity index (χ3v) is 4.42. The molecule has 2 rings (SSSR count). The highest BCUT2D eigenvalue weighted by Crippen LogP contribution is 2.34. The van der Waals surface area contributed by atoms with Crippen LogP contribution in [0.4, 0.5) is 18.9 Å². The first-order valence-electron chi connectivity index (χ1n) is 5.85. The van der Waals surface area contributed by atoms with Gasteiger partial charge in [0.25, 0.3) is 0 Å². The topological polar surface area (TPSA) is 27.0 Å². The van der Waals surface area contributed by atoms with E-state index in [0.717, 1.165) is 30.1 Å². The summed E-state index contributed by atoms with van der Waals surface area (Å²) in [5.41, 5.74) is -0.126. The van der Waals surface area contributed by atoms with Gasteiger partial charge in [-0.05, 0) is 30.4 Å². The Hall–Kier alpha value is -1.35. The highest BCUT2D eigenvalue weighted by Gasteiger charge is 2.32. The van der Waals surface area contributed by atoms with Crippen LogP contribution in [0.25, 0.3) is 0 Å². The molecule has 0 aliphatic carbocycles. The second kappa shape index (κ2) is 5.33. The zero-order valence-electron chi connectivity index (χ0n) is 10.4. The number of nitrogens with zero attached hydrogens (tertiary/aromatic N) is 2. The molecule has 1 aliphatic heterocycles. The lowest BCUT2D eigenvalue weighted by Crippen LogP contribution is -2.31. The second-order valence-electron chi connectivity index (χ2n) is 4.47. The van der Waals surface area contributed by atoms with E-state index < -0.39 is 11.7 Å². The molecule has 1 aliphatic rings. The molecule has 0 saturated carbocycles. The molecule has 1 aromatic carbocycles. The number of benzene rings is 1. The second-order valence-corrected chi connectivity index (χ2v) is 5.62. The van der Waals surface area contributed by atoms with Gasteiger partial charge in [0.2, 0.25) is 0 Å². The lowest BCUT2D eigenvalue weighted by molar-refractivity contribution is -0.137. The van der Waals surface area contributed by atoms with Crippen molar-refractivity contribution in [1.29, 1.82) is 5.26 Å². The Balaban J connectivity index is 2.33. The van der Waals surface area contributed by atoms with Crippen LogP contribution in [0.5, 0.6) is 0 Å². The maximum atomic E-state index is 12.6. The monoisotopic (exact) mass is 286 g/mol. The lowest BCUT2D eigenvalue weighted by atomic mass is 10.1. The molecule has 1 fully saturated rings. The van der Waals surface area contributed by atoms with Gasteiger partial charge in [-0.2, -0.15) is 30.2 Å². The summed E-state index contributed by atoms with van der Waals surface area (Å²) in [5, 5.41) is 9.05. The summed E-state index contributed by atoms with van der Waals surface area (Å²) in [6.07, 6.45) is -3.42. The third-order valence-electron chi connectivity index (χ3n) is 3.28. The highest BCUT2D eigenvalue weighted by atomic mass is 32.2. The molecule has 2 nitrogen and oxygen atoms in total. The van der Waals surface area contributed by atoms with Crippen LogP contribution in [0.1, 0.15) is 17.5 Å². The fraction of sp³-hybridized carbons (Fsp3) is 0.462. The molecule has 1 heterocycles. The van der Waals surface area contributed by atoms with E-state index in [1.54, 1.807) is 0 Å². The Kier molecular flexibility index (Phi) is 3.95. The van der Waals surface area contributed by atoms with E-state index in [1.807, 2.05) is 29.8 Å². The summed E-state index contributed by atoms with van der Waals surface area (Å²) in [7, 11) is 1.83. The van der Waals surface area contributed by atoms with Crippen molar-refractivity contribution in [3.63, 3.8) is 0 Å². The van der Waals surface area contributed by atoms with E-state index in [0.29, 0.717) is 5.69 Å². The van der Waals surface area contributed by atoms with Gasteiger partial charge in [-0.1, -0.05) is 0 Å². The number of halogens is 3. The zero-order valence-corrected chi connectivity index (χ0v) is 11.2. The number of hydrogen-bond acceptors (Lipinski definition) is 3. The third kappa shape index (κ3) is 2.98. The maximum Gasteiger partial charge on any atom is 0.416 e. The van der Waals surface area contributed by atoms with Crippen LogP contribution in [0.3, 0.4) is 0 Å². The normalized spacial score (nSPS) is 19.2. The molecule has 6 heteroatoms. The van der Waals surface area contributed by atoms with E-state index in [-0.39, 0.29) is 11.6 Å². The van der Waals surface area contributed by atoms with Gasteiger partial charge in [0.05, 0.1) is 16.8 Å². The molecule has 1 saturated heterocycles. The summed E-state index contributed by atoms with van der Waals surface area (Å²) in [6.45, 7) is 0. The molecular weight excluding hydrogens is 273 g/mol. The Bertz CT molecular complexity index is 502. The molecule has 19 heavy (non-hydrogen) atoms. The van der Waals surface area contributed by atoms with Crippen LogP contribution in [0.15, 0.2) is 18.2 Å². The molecule has 102 valence electrons. The molecular formula is C13H13F3N2S. The van der Waals surface area contributed by atoms with Crippen LogP contribution in [0.2, 0.25) is 0 Å². The number of hydrogen-bond donors (Lipinski definition) is 0. The lowest BCUT2D eigenvalue weighted by Gasteiger charge is -2.27. The van der Waals surface area contributed by atoms with E-state index in [4.69, 9.17) is 5.26 Å². The molecule has 0 spiro atoms. The minimum Gasteiger partial charge on any atom is -0.370 e. The Morgan fingerprint density at radius 1 is 1.42 bits per heavy atom. The minimum absolute atomic E-state index is 0.0780. The number of thioether (sulfide) groups is 1. The molecule has 1 atom stereocenters. The fourth-order valence-electron chi connectivity index (χ4n) is 2.13. The zero-order chi connectivity index (χ0) is 14.0. The van der Waals surface area contributed by atoms with Gasteiger partial charge in [-0.3, -0.25) is 0 Å². The summed E-state index contributed by atoms with van der Waals surface area (Å²) in [6, 6.07) is 5.50. The van der Waals surface area contributed by atoms with Crippen LogP contribution >= 0.6 is 11.8 Å². The van der Waals surface area contributed by atoms with Gasteiger partial charge in [0.1, 0.15) is 6.07 Å². The quantitative estimate of drug-likeness (QED) is 0.832. The predicted molar refractivity (Wildman–Crippen MR) is 70.3 cm³/mol. The standard InChI is InChI=1S/C13H13F3N2S/c1-18(11-4-5-19-8-11)12-3-2-10(13(14,15)16)6-9(12)7-17/h2-3,6,11H,4-5,8H2,1H3. The van der Waals surface area contributed by atoms with E-state index in [2.05, 4.69) is 0 Å². The van der Waals surface area contributed by atoms with Crippen molar-refractivity contribution in [1.82, 2.24) is 0 Å². The van der Waals surface area contributed by atoms with E-state index in [9.17, 15) is 13.2 Å². The first-order chi connectivity index (χ1) is 8.93. The molecule has 1 aromatic rings. The Morgan fingerprint density at radius 2 is 2.16 bits per heavy atom. The Labute approximate surface area is 114 Å². The molecule has 0 amide bonds. The predicted octanol–water partition coefficient (Wildman–Crippen LogP) is 3.52. The average Bonchev–Trinajstić information content (AvgIpc) is 2.90. The Morgan fingerprint density at radius 3 is 2.68 bits per heavy atom. The molecule has 0 radical (unpaired) electrons. The summed E-state index contributed by atoms with van der Waals surface area (Å²) >= 11 is 1.82. The smallest absolute Gasteiger partial charge is 0.370 e. The largest absolute Gasteiger partial charge is 0.416 e. The maximum absolute atomic E-state index is 12.6. The van der Waals surface area contributed by atoms with Gasteiger partial charge in [-0.15, -0.1) is 0 Å². The van der Waals surface area contributed by atoms with Crippen molar-refractivity contribution in [3.8, 4) is 6.07 Å². The number of anilines is 1. The van der Waals surface area contributed by atoms with Crippen molar-refractivity contribution in [2.24, 2.45) is 0 Å². The highest BCUT2D eigenvalue weighted by molar-refractivity contribution is 7.99. The van der Waals surface area contributed by atoms with Gasteiger partial charge < -0.3 is 4.90 Å². The SMILES string of the molecule is CN(c1ccc(C(F)(F)F)cc1C#N)C1CCSC1. The van der Waals surface area contributed by atoms with Crippen LogP contribution in [-0.2, 0) is 6.18 Å². The van der Waals surface area contributed by atoms with Crippen molar-refractivity contribution >= 4 is 17.4 Å². The van der Waals surface area contributed by atoms with Gasteiger partial charge >= 0.3 is 6.18 Å². The van der Waals surface area contributed by atoms with Crippen molar-refractivity contribution < 1.29 is 13.2 Å². The van der Waals surface area contributed by atoms with Crippen LogP contribution in [-0.4, -0.2) is 24.6 Å². The first kappa shape index (κ1) is 14.1. The average molecular weight is 286 g/mol. The van der Waals surface area contributed by atoms with Crippen molar-refractivity contribution in [2.45, 2.75) is 18.6 Å². The van der Waals surface area contributed by atoms with Gasteiger partial charge in [0, 0.05) is 18.8 Å². The van der Waals surface area contributed by atoms with E-state index >= 15 is 0 Å². The number of alkyl halides is 3. The molecule has 0 N–H and O–H groups in total. The summed E-state index contributed by atoms with van der Waals surface area (Å²) in [4.78, 5) is 1.92.